The Balaban J connectivity index is 2.94. The van der Waals surface area contributed by atoms with Crippen LogP contribution in [0.3, 0.4) is 0 Å². The van der Waals surface area contributed by atoms with Crippen LogP contribution >= 0.6 is 0 Å². The van der Waals surface area contributed by atoms with Crippen molar-refractivity contribution >= 4 is 10.2 Å². The molecule has 0 heterocycles. The van der Waals surface area contributed by atoms with Gasteiger partial charge in [0.1, 0.15) is 0 Å². The molecule has 0 atom stereocenters. The molecule has 0 bridgehead atoms. The Labute approximate surface area is 66.4 Å². The van der Waals surface area contributed by atoms with Crippen molar-refractivity contribution in [2.24, 2.45) is 0 Å². The molecule has 0 spiro atoms. The van der Waals surface area contributed by atoms with Crippen molar-refractivity contribution in [1.29, 1.82) is 0 Å². The fourth-order valence-electron chi connectivity index (χ4n) is 1.78. The normalized spacial score (nSPS) is 19.5. The van der Waals surface area contributed by atoms with Crippen LogP contribution in [0.15, 0.2) is 22.3 Å². The second-order valence-corrected chi connectivity index (χ2v) is 3.90. The molecular formula is C9H16Si. The first-order valence-corrected chi connectivity index (χ1v) is 5.43. The summed E-state index contributed by atoms with van der Waals surface area (Å²) >= 11 is 0. The first-order valence-electron chi connectivity index (χ1n) is 4.02. The van der Waals surface area contributed by atoms with Crippen molar-refractivity contribution in [3.05, 3.63) is 22.3 Å². The SMILES string of the molecule is CC1=C(C)C(C[SiH3])=C(C)C1. The lowest BCUT2D eigenvalue weighted by Crippen LogP contribution is -1.82. The van der Waals surface area contributed by atoms with Crippen LogP contribution in [-0.4, -0.2) is 10.2 Å². The van der Waals surface area contributed by atoms with Crippen molar-refractivity contribution in [2.45, 2.75) is 33.2 Å². The number of hydrogen-bond donors (Lipinski definition) is 0. The van der Waals surface area contributed by atoms with Crippen LogP contribution in [-0.2, 0) is 0 Å². The van der Waals surface area contributed by atoms with E-state index in [2.05, 4.69) is 20.8 Å². The molecule has 0 aromatic rings. The Morgan fingerprint density at radius 2 is 1.80 bits per heavy atom. The van der Waals surface area contributed by atoms with E-state index in [0.717, 1.165) is 0 Å². The smallest absolute Gasteiger partial charge is 0.00834 e. The van der Waals surface area contributed by atoms with E-state index in [1.54, 1.807) is 22.3 Å². The summed E-state index contributed by atoms with van der Waals surface area (Å²) in [4.78, 5) is 0. The number of hydrogen-bond acceptors (Lipinski definition) is 0. The van der Waals surface area contributed by atoms with E-state index in [9.17, 15) is 0 Å². The van der Waals surface area contributed by atoms with Crippen molar-refractivity contribution in [2.75, 3.05) is 0 Å². The van der Waals surface area contributed by atoms with E-state index >= 15 is 0 Å². The summed E-state index contributed by atoms with van der Waals surface area (Å²) in [5.41, 5.74) is 6.44. The molecule has 0 radical (unpaired) electrons. The third-order valence-electron chi connectivity index (χ3n) is 2.49. The van der Waals surface area contributed by atoms with Gasteiger partial charge in [-0.05, 0) is 44.4 Å². The van der Waals surface area contributed by atoms with E-state index in [-0.39, 0.29) is 0 Å². The molecule has 0 nitrogen and oxygen atoms in total. The molecule has 1 heteroatoms. The Hall–Kier alpha value is -0.303. The summed E-state index contributed by atoms with van der Waals surface area (Å²) in [6.45, 7) is 6.79. The second-order valence-electron chi connectivity index (χ2n) is 3.19. The van der Waals surface area contributed by atoms with Gasteiger partial charge in [-0.15, -0.1) is 0 Å². The average Bonchev–Trinajstić information content (AvgIpc) is 2.09. The molecule has 1 aliphatic rings. The third kappa shape index (κ3) is 1.10. The highest BCUT2D eigenvalue weighted by molar-refractivity contribution is 6.10. The maximum absolute atomic E-state index is 2.27. The summed E-state index contributed by atoms with van der Waals surface area (Å²) in [6.07, 6.45) is 1.24. The van der Waals surface area contributed by atoms with Gasteiger partial charge in [0.05, 0.1) is 0 Å². The molecule has 0 saturated heterocycles. The van der Waals surface area contributed by atoms with Crippen molar-refractivity contribution in [3.63, 3.8) is 0 Å². The average molecular weight is 152 g/mol. The highest BCUT2D eigenvalue weighted by atomic mass is 28.1. The van der Waals surface area contributed by atoms with Crippen molar-refractivity contribution < 1.29 is 0 Å². The number of rotatable bonds is 1. The van der Waals surface area contributed by atoms with Gasteiger partial charge >= 0.3 is 0 Å². The predicted octanol–water partition coefficient (Wildman–Crippen LogP) is 1.83. The van der Waals surface area contributed by atoms with Crippen molar-refractivity contribution in [1.82, 2.24) is 0 Å². The van der Waals surface area contributed by atoms with Gasteiger partial charge in [-0.2, -0.15) is 0 Å². The zero-order valence-electron chi connectivity index (χ0n) is 7.41. The molecule has 0 N–H and O–H groups in total. The first-order chi connectivity index (χ1) is 4.66. The molecule has 0 saturated carbocycles. The second kappa shape index (κ2) is 2.75. The van der Waals surface area contributed by atoms with Gasteiger partial charge in [-0.25, -0.2) is 0 Å². The Bertz CT molecular complexity index is 209. The molecule has 10 heavy (non-hydrogen) atoms. The van der Waals surface area contributed by atoms with Crippen LogP contribution in [0, 0.1) is 0 Å². The fourth-order valence-corrected chi connectivity index (χ4v) is 2.92. The van der Waals surface area contributed by atoms with Gasteiger partial charge in [-0.1, -0.05) is 11.1 Å². The summed E-state index contributed by atoms with van der Waals surface area (Å²) in [5.74, 6) is 0. The van der Waals surface area contributed by atoms with Crippen LogP contribution in [0.1, 0.15) is 27.2 Å². The maximum Gasteiger partial charge on any atom is 0.00834 e. The summed E-state index contributed by atoms with van der Waals surface area (Å²) in [5, 5.41) is 0. The standard InChI is InChI=1S/C9H16Si/c1-6-4-7(2)9(5-10)8(6)3/h4-5H2,1-3,10H3. The molecular weight excluding hydrogens is 136 g/mol. The fraction of sp³-hybridized carbons (Fsp3) is 0.556. The molecule has 1 rings (SSSR count). The molecule has 0 aromatic heterocycles. The zero-order valence-corrected chi connectivity index (χ0v) is 9.41. The minimum atomic E-state index is 1.24. The van der Waals surface area contributed by atoms with Crippen LogP contribution < -0.4 is 0 Å². The lowest BCUT2D eigenvalue weighted by atomic mass is 10.1. The minimum Gasteiger partial charge on any atom is -0.0661 e. The van der Waals surface area contributed by atoms with Gasteiger partial charge in [0, 0.05) is 10.2 Å². The Kier molecular flexibility index (Phi) is 2.14. The van der Waals surface area contributed by atoms with Crippen LogP contribution in [0.5, 0.6) is 0 Å². The van der Waals surface area contributed by atoms with E-state index in [1.807, 2.05) is 0 Å². The van der Waals surface area contributed by atoms with Crippen LogP contribution in [0.2, 0.25) is 6.04 Å². The molecule has 0 unspecified atom stereocenters. The first kappa shape index (κ1) is 7.80. The molecule has 0 fully saturated rings. The quantitative estimate of drug-likeness (QED) is 0.503. The van der Waals surface area contributed by atoms with E-state index in [0.29, 0.717) is 0 Å². The zero-order chi connectivity index (χ0) is 7.72. The Morgan fingerprint density at radius 1 is 1.20 bits per heavy atom. The minimum absolute atomic E-state index is 1.24. The van der Waals surface area contributed by atoms with Crippen LogP contribution in [0.25, 0.3) is 0 Å². The van der Waals surface area contributed by atoms with E-state index < -0.39 is 0 Å². The Morgan fingerprint density at radius 3 is 2.00 bits per heavy atom. The van der Waals surface area contributed by atoms with Crippen LogP contribution in [0.4, 0.5) is 0 Å². The topological polar surface area (TPSA) is 0 Å². The number of allylic oxidation sites excluding steroid dienone is 4. The monoisotopic (exact) mass is 152 g/mol. The lowest BCUT2D eigenvalue weighted by molar-refractivity contribution is 1.13. The van der Waals surface area contributed by atoms with Gasteiger partial charge in [0.25, 0.3) is 0 Å². The van der Waals surface area contributed by atoms with E-state index in [1.165, 1.54) is 22.7 Å². The lowest BCUT2D eigenvalue weighted by Gasteiger charge is -2.00. The third-order valence-corrected chi connectivity index (χ3v) is 3.20. The van der Waals surface area contributed by atoms with Gasteiger partial charge < -0.3 is 0 Å². The predicted molar refractivity (Wildman–Crippen MR) is 50.4 cm³/mol. The summed E-state index contributed by atoms with van der Waals surface area (Å²) in [6, 6.07) is 1.34. The van der Waals surface area contributed by atoms with Gasteiger partial charge in [0.2, 0.25) is 0 Å². The highest BCUT2D eigenvalue weighted by Gasteiger charge is 2.12. The van der Waals surface area contributed by atoms with Gasteiger partial charge in [-0.3, -0.25) is 0 Å². The largest absolute Gasteiger partial charge is 0.0661 e. The summed E-state index contributed by atoms with van der Waals surface area (Å²) in [7, 11) is 1.31. The maximum atomic E-state index is 2.27. The molecule has 0 aromatic carbocycles. The molecule has 0 amide bonds. The molecule has 56 valence electrons. The van der Waals surface area contributed by atoms with E-state index in [4.69, 9.17) is 0 Å². The highest BCUT2D eigenvalue weighted by Crippen LogP contribution is 2.32. The van der Waals surface area contributed by atoms with Crippen molar-refractivity contribution in [3.8, 4) is 0 Å². The summed E-state index contributed by atoms with van der Waals surface area (Å²) < 4.78 is 0. The molecule has 1 aliphatic carbocycles. The van der Waals surface area contributed by atoms with Gasteiger partial charge in [0.15, 0.2) is 0 Å². The molecule has 0 aliphatic heterocycles.